The van der Waals surface area contributed by atoms with Crippen LogP contribution in [0.3, 0.4) is 0 Å². The second kappa shape index (κ2) is 9.16. The number of hydrogen-bond donors (Lipinski definition) is 3. The van der Waals surface area contributed by atoms with Crippen molar-refractivity contribution in [1.82, 2.24) is 5.32 Å². The maximum Gasteiger partial charge on any atom is 0.328 e. The molecule has 8 heteroatoms. The zero-order chi connectivity index (χ0) is 18.9. The number of urea groups is 1. The van der Waals surface area contributed by atoms with Crippen LogP contribution in [0.4, 0.5) is 20.6 Å². The molecule has 136 valence electrons. The lowest BCUT2D eigenvalue weighted by Crippen LogP contribution is -2.42. The van der Waals surface area contributed by atoms with E-state index in [9.17, 15) is 18.8 Å². The number of carbonyl (C=O) groups excluding carboxylic acids is 3. The van der Waals surface area contributed by atoms with E-state index in [1.807, 2.05) is 0 Å². The molecular formula is C18H18FN3O4. The van der Waals surface area contributed by atoms with Crippen molar-refractivity contribution < 1.29 is 23.5 Å². The smallest absolute Gasteiger partial charge is 0.328 e. The van der Waals surface area contributed by atoms with E-state index in [4.69, 9.17) is 4.74 Å². The molecule has 0 saturated heterocycles. The van der Waals surface area contributed by atoms with Crippen molar-refractivity contribution in [2.75, 3.05) is 17.2 Å². The van der Waals surface area contributed by atoms with Gasteiger partial charge in [-0.15, -0.1) is 0 Å². The van der Waals surface area contributed by atoms with Gasteiger partial charge in [-0.05, 0) is 43.3 Å². The summed E-state index contributed by atoms with van der Waals surface area (Å²) < 4.78 is 17.6. The van der Waals surface area contributed by atoms with Crippen molar-refractivity contribution in [3.63, 3.8) is 0 Å². The molecule has 2 aromatic rings. The van der Waals surface area contributed by atoms with Gasteiger partial charge in [-0.25, -0.2) is 14.0 Å². The van der Waals surface area contributed by atoms with Gasteiger partial charge < -0.3 is 20.7 Å². The molecule has 0 heterocycles. The molecule has 0 radical (unpaired) electrons. The normalized spacial score (nSPS) is 11.2. The number of ether oxygens (including phenoxy) is 1. The first-order chi connectivity index (χ1) is 12.4. The second-order valence-corrected chi connectivity index (χ2v) is 5.35. The number of anilines is 2. The Labute approximate surface area is 149 Å². The van der Waals surface area contributed by atoms with Crippen LogP contribution in [0, 0.1) is 5.82 Å². The third kappa shape index (κ3) is 6.23. The summed E-state index contributed by atoms with van der Waals surface area (Å²) in [6.07, 6.45) is 0. The van der Waals surface area contributed by atoms with E-state index in [-0.39, 0.29) is 0 Å². The van der Waals surface area contributed by atoms with Crippen LogP contribution in [0.15, 0.2) is 54.6 Å². The Bertz CT molecular complexity index is 766. The summed E-state index contributed by atoms with van der Waals surface area (Å²) in [5.41, 5.74) is 0.949. The average molecular weight is 359 g/mol. The number of halogens is 1. The topological polar surface area (TPSA) is 96.5 Å². The fourth-order valence-corrected chi connectivity index (χ4v) is 1.94. The summed E-state index contributed by atoms with van der Waals surface area (Å²) >= 11 is 0. The maximum absolute atomic E-state index is 12.8. The van der Waals surface area contributed by atoms with E-state index in [0.29, 0.717) is 11.4 Å². The van der Waals surface area contributed by atoms with Gasteiger partial charge in [0.05, 0.1) is 0 Å². The molecule has 26 heavy (non-hydrogen) atoms. The summed E-state index contributed by atoms with van der Waals surface area (Å²) in [6, 6.07) is 12.3. The first kappa shape index (κ1) is 18.9. The predicted molar refractivity (Wildman–Crippen MR) is 94.0 cm³/mol. The van der Waals surface area contributed by atoms with Gasteiger partial charge in [0.1, 0.15) is 11.9 Å². The lowest BCUT2D eigenvalue weighted by atomic mass is 10.3. The van der Waals surface area contributed by atoms with Gasteiger partial charge in [-0.1, -0.05) is 18.2 Å². The fraction of sp³-hybridized carbons (Fsp3) is 0.167. The Kier molecular flexibility index (Phi) is 6.67. The van der Waals surface area contributed by atoms with Crippen molar-refractivity contribution in [2.24, 2.45) is 0 Å². The van der Waals surface area contributed by atoms with Crippen molar-refractivity contribution in [1.29, 1.82) is 0 Å². The van der Waals surface area contributed by atoms with Crippen LogP contribution < -0.4 is 16.0 Å². The van der Waals surface area contributed by atoms with E-state index in [0.717, 1.165) is 0 Å². The molecular weight excluding hydrogens is 341 g/mol. The minimum absolute atomic E-state index is 0.376. The maximum atomic E-state index is 12.8. The first-order valence-corrected chi connectivity index (χ1v) is 7.78. The largest absolute Gasteiger partial charge is 0.454 e. The minimum Gasteiger partial charge on any atom is -0.454 e. The molecule has 3 amide bonds. The minimum atomic E-state index is -0.947. The van der Waals surface area contributed by atoms with Gasteiger partial charge >= 0.3 is 12.0 Å². The Morgan fingerprint density at radius 1 is 0.962 bits per heavy atom. The summed E-state index contributed by atoms with van der Waals surface area (Å²) in [5, 5.41) is 7.43. The average Bonchev–Trinajstić information content (AvgIpc) is 2.62. The number of para-hydroxylation sites is 1. The summed E-state index contributed by atoms with van der Waals surface area (Å²) in [6.45, 7) is 0.910. The zero-order valence-electron chi connectivity index (χ0n) is 14.0. The van der Waals surface area contributed by atoms with Crippen LogP contribution in [0.25, 0.3) is 0 Å². The van der Waals surface area contributed by atoms with Crippen LogP contribution in [-0.2, 0) is 14.3 Å². The van der Waals surface area contributed by atoms with Gasteiger partial charge in [0.15, 0.2) is 6.61 Å². The monoisotopic (exact) mass is 359 g/mol. The Hall–Kier alpha value is -3.42. The molecule has 0 unspecified atom stereocenters. The number of esters is 1. The Morgan fingerprint density at radius 2 is 1.58 bits per heavy atom. The van der Waals surface area contributed by atoms with E-state index in [2.05, 4.69) is 16.0 Å². The number of nitrogens with one attached hydrogen (secondary N) is 3. The number of rotatable bonds is 6. The van der Waals surface area contributed by atoms with Crippen LogP contribution in [0.1, 0.15) is 6.92 Å². The molecule has 0 fully saturated rings. The third-order valence-electron chi connectivity index (χ3n) is 3.21. The number of benzene rings is 2. The summed E-state index contributed by atoms with van der Waals surface area (Å²) in [7, 11) is 0. The molecule has 0 aliphatic heterocycles. The van der Waals surface area contributed by atoms with Gasteiger partial charge in [-0.3, -0.25) is 4.79 Å². The SMILES string of the molecule is C[C@H](NC(=O)Nc1ccccc1)C(=O)OCC(=O)Nc1ccc(F)cc1. The molecule has 0 aliphatic rings. The van der Waals surface area contributed by atoms with Gasteiger partial charge in [0.25, 0.3) is 5.91 Å². The fourth-order valence-electron chi connectivity index (χ4n) is 1.94. The molecule has 2 rings (SSSR count). The van der Waals surface area contributed by atoms with Crippen LogP contribution >= 0.6 is 0 Å². The highest BCUT2D eigenvalue weighted by Gasteiger charge is 2.18. The van der Waals surface area contributed by atoms with Crippen LogP contribution in [0.2, 0.25) is 0 Å². The quantitative estimate of drug-likeness (QED) is 0.691. The number of carbonyl (C=O) groups is 3. The Morgan fingerprint density at radius 3 is 2.23 bits per heavy atom. The van der Waals surface area contributed by atoms with Gasteiger partial charge in [0, 0.05) is 11.4 Å². The zero-order valence-corrected chi connectivity index (χ0v) is 14.0. The van der Waals surface area contributed by atoms with E-state index in [1.54, 1.807) is 30.3 Å². The summed E-state index contributed by atoms with van der Waals surface area (Å²) in [5.74, 6) is -1.77. The number of hydrogen-bond acceptors (Lipinski definition) is 4. The number of amides is 3. The van der Waals surface area contributed by atoms with Gasteiger partial charge in [-0.2, -0.15) is 0 Å². The molecule has 0 saturated carbocycles. The molecule has 2 aromatic carbocycles. The van der Waals surface area contributed by atoms with Crippen LogP contribution in [-0.4, -0.2) is 30.6 Å². The molecule has 0 aromatic heterocycles. The molecule has 7 nitrogen and oxygen atoms in total. The highest BCUT2D eigenvalue weighted by atomic mass is 19.1. The third-order valence-corrected chi connectivity index (χ3v) is 3.21. The van der Waals surface area contributed by atoms with Crippen molar-refractivity contribution in [3.8, 4) is 0 Å². The molecule has 1 atom stereocenters. The van der Waals surface area contributed by atoms with Crippen molar-refractivity contribution >= 4 is 29.3 Å². The standard InChI is InChI=1S/C18H18FN3O4/c1-12(20-18(25)22-14-5-3-2-4-6-14)17(24)26-11-16(23)21-15-9-7-13(19)8-10-15/h2-10,12H,11H2,1H3,(H,21,23)(H2,20,22,25)/t12-/m0/s1. The summed E-state index contributed by atoms with van der Waals surface area (Å²) in [4.78, 5) is 35.3. The van der Waals surface area contributed by atoms with Crippen molar-refractivity contribution in [2.45, 2.75) is 13.0 Å². The van der Waals surface area contributed by atoms with Crippen LogP contribution in [0.5, 0.6) is 0 Å². The molecule has 0 aliphatic carbocycles. The highest BCUT2D eigenvalue weighted by Crippen LogP contribution is 2.08. The Balaban J connectivity index is 1.73. The van der Waals surface area contributed by atoms with Gasteiger partial charge in [0.2, 0.25) is 0 Å². The van der Waals surface area contributed by atoms with E-state index >= 15 is 0 Å². The first-order valence-electron chi connectivity index (χ1n) is 7.78. The van der Waals surface area contributed by atoms with E-state index < -0.39 is 36.4 Å². The lowest BCUT2D eigenvalue weighted by Gasteiger charge is -2.14. The second-order valence-electron chi connectivity index (χ2n) is 5.35. The molecule has 3 N–H and O–H groups in total. The highest BCUT2D eigenvalue weighted by molar-refractivity contribution is 5.94. The lowest BCUT2D eigenvalue weighted by molar-refractivity contribution is -0.148. The van der Waals surface area contributed by atoms with E-state index in [1.165, 1.54) is 31.2 Å². The predicted octanol–water partition coefficient (Wildman–Crippen LogP) is 2.52. The van der Waals surface area contributed by atoms with Crippen molar-refractivity contribution in [3.05, 3.63) is 60.4 Å². The molecule has 0 spiro atoms. The molecule has 0 bridgehead atoms.